The maximum atomic E-state index is 8.71. The summed E-state index contributed by atoms with van der Waals surface area (Å²) in [5.41, 5.74) is 1.26. The largest absolute Gasteiger partial charge is 0.294 e. The van der Waals surface area contributed by atoms with Crippen LogP contribution in [-0.4, -0.2) is 33.3 Å². The van der Waals surface area contributed by atoms with Crippen LogP contribution >= 0.6 is 0 Å². The van der Waals surface area contributed by atoms with E-state index in [1.807, 2.05) is 10.7 Å². The Labute approximate surface area is 96.5 Å². The molecule has 0 atom stereocenters. The third-order valence-electron chi connectivity index (χ3n) is 3.17. The summed E-state index contributed by atoms with van der Waals surface area (Å²) < 4.78 is 2.01. The highest BCUT2D eigenvalue weighted by Gasteiger charge is 2.36. The topological polar surface area (TPSA) is 44.9 Å². The van der Waals surface area contributed by atoms with Crippen molar-refractivity contribution in [3.05, 3.63) is 18.0 Å². The molecule has 4 heteroatoms. The maximum Gasteiger partial charge on any atom is 0.0776 e. The molecular weight excluding hydrogens is 200 g/mol. The molecule has 0 saturated carbocycles. The molecule has 0 aromatic carbocycles. The molecule has 0 aliphatic carbocycles. The molecule has 1 fully saturated rings. The summed E-state index contributed by atoms with van der Waals surface area (Å²) in [6.07, 6.45) is 2.23. The highest BCUT2D eigenvalue weighted by atomic mass is 15.4. The van der Waals surface area contributed by atoms with E-state index in [1.165, 1.54) is 0 Å². The van der Waals surface area contributed by atoms with Gasteiger partial charge in [-0.1, -0.05) is 0 Å². The molecule has 1 aliphatic heterocycles. The first-order valence-corrected chi connectivity index (χ1v) is 5.67. The van der Waals surface area contributed by atoms with Gasteiger partial charge in [0.25, 0.3) is 0 Å². The molecule has 2 heterocycles. The molecule has 1 aromatic rings. The Morgan fingerprint density at radius 2 is 2.19 bits per heavy atom. The van der Waals surface area contributed by atoms with E-state index < -0.39 is 0 Å². The molecule has 86 valence electrons. The number of hydrogen-bond donors (Lipinski definition) is 0. The van der Waals surface area contributed by atoms with E-state index in [2.05, 4.69) is 36.8 Å². The second-order valence-corrected chi connectivity index (χ2v) is 5.33. The zero-order valence-corrected chi connectivity index (χ0v) is 10.1. The Kier molecular flexibility index (Phi) is 2.73. The van der Waals surface area contributed by atoms with E-state index in [0.29, 0.717) is 12.5 Å². The Morgan fingerprint density at radius 3 is 2.75 bits per heavy atom. The normalized spacial score (nSPS) is 18.1. The first kappa shape index (κ1) is 11.2. The summed E-state index contributed by atoms with van der Waals surface area (Å²) in [7, 11) is 0. The molecule has 2 rings (SSSR count). The van der Waals surface area contributed by atoms with E-state index >= 15 is 0 Å². The van der Waals surface area contributed by atoms with Gasteiger partial charge in [0.15, 0.2) is 0 Å². The molecule has 0 bridgehead atoms. The van der Waals surface area contributed by atoms with Gasteiger partial charge >= 0.3 is 0 Å². The van der Waals surface area contributed by atoms with E-state index in [9.17, 15) is 0 Å². The number of nitrogens with zero attached hydrogens (tertiary/aromatic N) is 4. The zero-order chi connectivity index (χ0) is 11.8. The minimum atomic E-state index is 0.235. The first-order chi connectivity index (χ1) is 7.52. The van der Waals surface area contributed by atoms with Crippen LogP contribution in [0.25, 0.3) is 0 Å². The second-order valence-electron chi connectivity index (χ2n) is 5.33. The fourth-order valence-electron chi connectivity index (χ4n) is 2.05. The number of rotatable bonds is 2. The van der Waals surface area contributed by atoms with Gasteiger partial charge in [-0.3, -0.25) is 9.58 Å². The van der Waals surface area contributed by atoms with Crippen molar-refractivity contribution in [3.8, 4) is 6.07 Å². The lowest BCUT2D eigenvalue weighted by molar-refractivity contribution is 0.0145. The van der Waals surface area contributed by atoms with Gasteiger partial charge in [0.1, 0.15) is 0 Å². The maximum absolute atomic E-state index is 8.71. The van der Waals surface area contributed by atoms with Gasteiger partial charge in [0, 0.05) is 24.8 Å². The van der Waals surface area contributed by atoms with Crippen molar-refractivity contribution in [2.24, 2.45) is 0 Å². The van der Waals surface area contributed by atoms with Crippen molar-refractivity contribution in [2.45, 2.75) is 38.8 Å². The molecule has 0 spiro atoms. The SMILES string of the molecule is CC(C)(C)N1CC(n2nccc2CC#N)C1. The molecule has 0 amide bonds. The van der Waals surface area contributed by atoms with Gasteiger partial charge in [-0.15, -0.1) is 0 Å². The highest BCUT2D eigenvalue weighted by molar-refractivity contribution is 5.09. The van der Waals surface area contributed by atoms with Crippen molar-refractivity contribution in [2.75, 3.05) is 13.1 Å². The third-order valence-corrected chi connectivity index (χ3v) is 3.17. The van der Waals surface area contributed by atoms with E-state index in [0.717, 1.165) is 18.8 Å². The molecule has 0 unspecified atom stereocenters. The predicted molar refractivity (Wildman–Crippen MR) is 61.9 cm³/mol. The van der Waals surface area contributed by atoms with Crippen molar-refractivity contribution in [1.82, 2.24) is 14.7 Å². The number of hydrogen-bond acceptors (Lipinski definition) is 3. The van der Waals surface area contributed by atoms with Gasteiger partial charge < -0.3 is 0 Å². The predicted octanol–water partition coefficient (Wildman–Crippen LogP) is 1.60. The Balaban J connectivity index is 2.02. The fourth-order valence-corrected chi connectivity index (χ4v) is 2.05. The molecule has 4 nitrogen and oxygen atoms in total. The lowest BCUT2D eigenvalue weighted by Gasteiger charge is -2.47. The summed E-state index contributed by atoms with van der Waals surface area (Å²) in [6, 6.07) is 4.56. The van der Waals surface area contributed by atoms with Crippen LogP contribution in [0, 0.1) is 11.3 Å². The lowest BCUT2D eigenvalue weighted by atomic mass is 9.97. The van der Waals surface area contributed by atoms with Crippen LogP contribution in [0.1, 0.15) is 32.5 Å². The van der Waals surface area contributed by atoms with Crippen LogP contribution in [-0.2, 0) is 6.42 Å². The first-order valence-electron chi connectivity index (χ1n) is 5.67. The van der Waals surface area contributed by atoms with Crippen molar-refractivity contribution in [1.29, 1.82) is 5.26 Å². The highest BCUT2D eigenvalue weighted by Crippen LogP contribution is 2.28. The van der Waals surface area contributed by atoms with E-state index in [-0.39, 0.29) is 5.54 Å². The quantitative estimate of drug-likeness (QED) is 0.757. The summed E-state index contributed by atoms with van der Waals surface area (Å²) in [5, 5.41) is 13.0. The Morgan fingerprint density at radius 1 is 1.50 bits per heavy atom. The van der Waals surface area contributed by atoms with Crippen LogP contribution in [0.3, 0.4) is 0 Å². The van der Waals surface area contributed by atoms with Crippen molar-refractivity contribution >= 4 is 0 Å². The van der Waals surface area contributed by atoms with Gasteiger partial charge in [-0.2, -0.15) is 10.4 Å². The minimum absolute atomic E-state index is 0.235. The molecular formula is C12H18N4. The average molecular weight is 218 g/mol. The van der Waals surface area contributed by atoms with Crippen LogP contribution in [0.2, 0.25) is 0 Å². The smallest absolute Gasteiger partial charge is 0.0776 e. The summed E-state index contributed by atoms with van der Waals surface area (Å²) >= 11 is 0. The lowest BCUT2D eigenvalue weighted by Crippen LogP contribution is -2.56. The van der Waals surface area contributed by atoms with Crippen molar-refractivity contribution < 1.29 is 0 Å². The molecule has 0 N–H and O–H groups in total. The van der Waals surface area contributed by atoms with Gasteiger partial charge in [-0.05, 0) is 26.8 Å². The van der Waals surface area contributed by atoms with Gasteiger partial charge in [0.05, 0.1) is 24.2 Å². The summed E-state index contributed by atoms with van der Waals surface area (Å²) in [6.45, 7) is 8.74. The molecule has 1 aromatic heterocycles. The number of likely N-dealkylation sites (tertiary alicyclic amines) is 1. The minimum Gasteiger partial charge on any atom is -0.294 e. The molecule has 16 heavy (non-hydrogen) atoms. The van der Waals surface area contributed by atoms with E-state index in [1.54, 1.807) is 6.20 Å². The monoisotopic (exact) mass is 218 g/mol. The molecule has 1 saturated heterocycles. The summed E-state index contributed by atoms with van der Waals surface area (Å²) in [4.78, 5) is 2.43. The number of nitriles is 1. The molecule has 1 aliphatic rings. The van der Waals surface area contributed by atoms with Gasteiger partial charge in [0.2, 0.25) is 0 Å². The Hall–Kier alpha value is -1.34. The van der Waals surface area contributed by atoms with Crippen LogP contribution in [0.15, 0.2) is 12.3 Å². The van der Waals surface area contributed by atoms with E-state index in [4.69, 9.17) is 5.26 Å². The standard InChI is InChI=1S/C12H18N4/c1-12(2,3)15-8-11(9-15)16-10(4-6-13)5-7-14-16/h5,7,11H,4,8-9H2,1-3H3. The zero-order valence-electron chi connectivity index (χ0n) is 10.1. The average Bonchev–Trinajstić information content (AvgIpc) is 2.48. The van der Waals surface area contributed by atoms with Crippen LogP contribution in [0.5, 0.6) is 0 Å². The molecule has 0 radical (unpaired) electrons. The van der Waals surface area contributed by atoms with Crippen LogP contribution < -0.4 is 0 Å². The summed E-state index contributed by atoms with van der Waals surface area (Å²) in [5.74, 6) is 0. The third kappa shape index (κ3) is 1.96. The number of aromatic nitrogens is 2. The van der Waals surface area contributed by atoms with Crippen molar-refractivity contribution in [3.63, 3.8) is 0 Å². The fraction of sp³-hybridized carbons (Fsp3) is 0.667. The second kappa shape index (κ2) is 3.91. The van der Waals surface area contributed by atoms with Crippen LogP contribution in [0.4, 0.5) is 0 Å². The van der Waals surface area contributed by atoms with Gasteiger partial charge in [-0.25, -0.2) is 0 Å². The Bertz CT molecular complexity index is 401.